The van der Waals surface area contributed by atoms with Gasteiger partial charge in [0, 0.05) is 24.6 Å². The summed E-state index contributed by atoms with van der Waals surface area (Å²) in [5, 5.41) is 0. The van der Waals surface area contributed by atoms with Gasteiger partial charge in [0.25, 0.3) is 5.91 Å². The van der Waals surface area contributed by atoms with E-state index < -0.39 is 5.91 Å². The molecule has 0 saturated carbocycles. The van der Waals surface area contributed by atoms with Crippen molar-refractivity contribution in [3.05, 3.63) is 53.6 Å². The summed E-state index contributed by atoms with van der Waals surface area (Å²) < 4.78 is 16.9. The zero-order chi connectivity index (χ0) is 21.5. The fourth-order valence-corrected chi connectivity index (χ4v) is 3.75. The molecule has 0 bridgehead atoms. The number of ether oxygens (including phenoxy) is 3. The number of carbonyl (C=O) groups is 2. The molecule has 1 fully saturated rings. The molecule has 0 spiro atoms. The van der Waals surface area contributed by atoms with Crippen molar-refractivity contribution in [2.24, 2.45) is 5.73 Å². The van der Waals surface area contributed by atoms with E-state index in [-0.39, 0.29) is 18.4 Å². The molecule has 0 aliphatic carbocycles. The second kappa shape index (κ2) is 10.0. The summed E-state index contributed by atoms with van der Waals surface area (Å²) in [6.07, 6.45) is 2.80. The van der Waals surface area contributed by atoms with E-state index in [1.807, 2.05) is 30.3 Å². The van der Waals surface area contributed by atoms with Crippen molar-refractivity contribution in [3.63, 3.8) is 0 Å². The molecule has 7 nitrogen and oxygen atoms in total. The number of hydrogen-bond donors (Lipinski definition) is 1. The summed E-state index contributed by atoms with van der Waals surface area (Å²) in [6, 6.07) is 12.9. The van der Waals surface area contributed by atoms with E-state index in [2.05, 4.69) is 0 Å². The molecule has 1 aliphatic heterocycles. The van der Waals surface area contributed by atoms with E-state index in [9.17, 15) is 9.59 Å². The zero-order valence-corrected chi connectivity index (χ0v) is 17.4. The van der Waals surface area contributed by atoms with Crippen molar-refractivity contribution >= 4 is 11.8 Å². The largest absolute Gasteiger partial charge is 0.493 e. The molecule has 7 heteroatoms. The molecule has 1 atom stereocenters. The first-order valence-electron chi connectivity index (χ1n) is 10.1. The third kappa shape index (κ3) is 5.03. The van der Waals surface area contributed by atoms with Crippen molar-refractivity contribution < 1.29 is 23.8 Å². The Labute approximate surface area is 176 Å². The van der Waals surface area contributed by atoms with Gasteiger partial charge in [0.1, 0.15) is 6.61 Å². The van der Waals surface area contributed by atoms with Gasteiger partial charge in [0.05, 0.1) is 14.2 Å². The molecular weight excluding hydrogens is 384 g/mol. The van der Waals surface area contributed by atoms with Crippen LogP contribution in [-0.4, -0.2) is 43.5 Å². The highest BCUT2D eigenvalue weighted by Crippen LogP contribution is 2.39. The molecular formula is C23H28N2O5. The molecule has 1 aliphatic rings. The van der Waals surface area contributed by atoms with Crippen LogP contribution in [0.25, 0.3) is 0 Å². The van der Waals surface area contributed by atoms with Crippen LogP contribution in [0.1, 0.15) is 41.6 Å². The number of benzene rings is 2. The maximum absolute atomic E-state index is 13.2. The summed E-state index contributed by atoms with van der Waals surface area (Å²) in [7, 11) is 3.05. The molecule has 1 heterocycles. The lowest BCUT2D eigenvalue weighted by Crippen LogP contribution is -2.45. The fraction of sp³-hybridized carbons (Fsp3) is 0.391. The van der Waals surface area contributed by atoms with E-state index in [1.165, 1.54) is 14.2 Å². The molecule has 2 N–H and O–H groups in total. The summed E-state index contributed by atoms with van der Waals surface area (Å²) in [4.78, 5) is 26.4. The number of piperidine rings is 1. The van der Waals surface area contributed by atoms with E-state index in [4.69, 9.17) is 19.9 Å². The van der Waals surface area contributed by atoms with E-state index in [1.54, 1.807) is 17.0 Å². The van der Waals surface area contributed by atoms with Gasteiger partial charge in [-0.2, -0.15) is 0 Å². The Morgan fingerprint density at radius 3 is 2.33 bits per heavy atom. The van der Waals surface area contributed by atoms with Crippen molar-refractivity contribution in [2.45, 2.75) is 38.3 Å². The summed E-state index contributed by atoms with van der Waals surface area (Å²) in [6.45, 7) is 0.932. The van der Waals surface area contributed by atoms with Crippen LogP contribution in [0.5, 0.6) is 17.2 Å². The van der Waals surface area contributed by atoms with Gasteiger partial charge in [0.15, 0.2) is 11.5 Å². The van der Waals surface area contributed by atoms with Gasteiger partial charge < -0.3 is 24.8 Å². The lowest BCUT2D eigenvalue weighted by Gasteiger charge is -2.35. The van der Waals surface area contributed by atoms with Crippen LogP contribution in [0, 0.1) is 0 Å². The summed E-state index contributed by atoms with van der Waals surface area (Å²) in [5.41, 5.74) is 6.81. The van der Waals surface area contributed by atoms with Gasteiger partial charge in [-0.25, -0.2) is 0 Å². The second-order valence-corrected chi connectivity index (χ2v) is 7.30. The molecule has 1 unspecified atom stereocenters. The SMILES string of the molecule is COc1cc(C(=O)N2CCCCC2CC(N)=O)cc(OC)c1OCc1ccccc1. The first-order chi connectivity index (χ1) is 14.5. The normalized spacial score (nSPS) is 16.1. The Bertz CT molecular complexity index is 859. The average molecular weight is 412 g/mol. The molecule has 2 aromatic carbocycles. The van der Waals surface area contributed by atoms with Gasteiger partial charge in [-0.1, -0.05) is 30.3 Å². The van der Waals surface area contributed by atoms with Crippen molar-refractivity contribution in [2.75, 3.05) is 20.8 Å². The van der Waals surface area contributed by atoms with Gasteiger partial charge >= 0.3 is 0 Å². The average Bonchev–Trinajstić information content (AvgIpc) is 2.77. The van der Waals surface area contributed by atoms with Crippen LogP contribution in [0.3, 0.4) is 0 Å². The molecule has 160 valence electrons. The Morgan fingerprint density at radius 1 is 1.07 bits per heavy atom. The van der Waals surface area contributed by atoms with Gasteiger partial charge in [-0.05, 0) is 37.0 Å². The summed E-state index contributed by atoms with van der Waals surface area (Å²) in [5.74, 6) is 0.689. The van der Waals surface area contributed by atoms with Crippen molar-refractivity contribution in [1.29, 1.82) is 0 Å². The number of carbonyl (C=O) groups excluding carboxylic acids is 2. The lowest BCUT2D eigenvalue weighted by molar-refractivity contribution is -0.119. The Hall–Kier alpha value is -3.22. The van der Waals surface area contributed by atoms with Crippen LogP contribution < -0.4 is 19.9 Å². The van der Waals surface area contributed by atoms with Crippen LogP contribution in [0.2, 0.25) is 0 Å². The topological polar surface area (TPSA) is 91.1 Å². The first kappa shape index (κ1) is 21.5. The lowest BCUT2D eigenvalue weighted by atomic mass is 9.97. The molecule has 0 aromatic heterocycles. The minimum Gasteiger partial charge on any atom is -0.493 e. The minimum absolute atomic E-state index is 0.165. The molecule has 2 aromatic rings. The zero-order valence-electron chi connectivity index (χ0n) is 17.4. The van der Waals surface area contributed by atoms with Crippen LogP contribution >= 0.6 is 0 Å². The fourth-order valence-electron chi connectivity index (χ4n) is 3.75. The first-order valence-corrected chi connectivity index (χ1v) is 10.1. The molecule has 30 heavy (non-hydrogen) atoms. The van der Waals surface area contributed by atoms with Crippen LogP contribution in [-0.2, 0) is 11.4 Å². The monoisotopic (exact) mass is 412 g/mol. The Kier molecular flexibility index (Phi) is 7.17. The van der Waals surface area contributed by atoms with E-state index >= 15 is 0 Å². The predicted molar refractivity (Wildman–Crippen MR) is 113 cm³/mol. The highest BCUT2D eigenvalue weighted by Gasteiger charge is 2.30. The smallest absolute Gasteiger partial charge is 0.254 e. The molecule has 2 amide bonds. The Morgan fingerprint density at radius 2 is 1.73 bits per heavy atom. The van der Waals surface area contributed by atoms with E-state index in [0.29, 0.717) is 36.0 Å². The van der Waals surface area contributed by atoms with Gasteiger partial charge in [-0.3, -0.25) is 9.59 Å². The maximum Gasteiger partial charge on any atom is 0.254 e. The van der Waals surface area contributed by atoms with Gasteiger partial charge in [-0.15, -0.1) is 0 Å². The number of amides is 2. The number of hydrogen-bond acceptors (Lipinski definition) is 5. The number of rotatable bonds is 8. The molecule has 1 saturated heterocycles. The highest BCUT2D eigenvalue weighted by molar-refractivity contribution is 5.96. The Balaban J connectivity index is 1.86. The van der Waals surface area contributed by atoms with Crippen LogP contribution in [0.4, 0.5) is 0 Å². The summed E-state index contributed by atoms with van der Waals surface area (Å²) >= 11 is 0. The maximum atomic E-state index is 13.2. The van der Waals surface area contributed by atoms with Crippen molar-refractivity contribution in [1.82, 2.24) is 4.90 Å². The molecule has 0 radical (unpaired) electrons. The number of primary amides is 1. The minimum atomic E-state index is -0.403. The third-order valence-electron chi connectivity index (χ3n) is 5.26. The number of nitrogens with zero attached hydrogens (tertiary/aromatic N) is 1. The number of methoxy groups -OCH3 is 2. The van der Waals surface area contributed by atoms with Gasteiger partial charge in [0.2, 0.25) is 11.7 Å². The quantitative estimate of drug-likeness (QED) is 0.719. The molecule has 3 rings (SSSR count). The highest BCUT2D eigenvalue weighted by atomic mass is 16.5. The van der Waals surface area contributed by atoms with Crippen molar-refractivity contribution in [3.8, 4) is 17.2 Å². The number of likely N-dealkylation sites (tertiary alicyclic amines) is 1. The van der Waals surface area contributed by atoms with Crippen LogP contribution in [0.15, 0.2) is 42.5 Å². The number of nitrogens with two attached hydrogens (primary N) is 1. The predicted octanol–water partition coefficient (Wildman–Crippen LogP) is 3.15. The third-order valence-corrected chi connectivity index (χ3v) is 5.26. The standard InChI is InChI=1S/C23H28N2O5/c1-28-19-12-17(23(27)25-11-7-6-10-18(25)14-21(24)26)13-20(29-2)22(19)30-15-16-8-4-3-5-9-16/h3-5,8-9,12-13,18H,6-7,10-11,14-15H2,1-2H3,(H2,24,26). The second-order valence-electron chi connectivity index (χ2n) is 7.30. The van der Waals surface area contributed by atoms with E-state index in [0.717, 1.165) is 24.8 Å².